The summed E-state index contributed by atoms with van der Waals surface area (Å²) >= 11 is 12.7. The fourth-order valence-electron chi connectivity index (χ4n) is 5.08. The van der Waals surface area contributed by atoms with E-state index in [1.165, 1.54) is 12.8 Å². The summed E-state index contributed by atoms with van der Waals surface area (Å²) in [5.74, 6) is 0.934. The molecular formula is C22H23Cl2N5. The zero-order chi connectivity index (χ0) is 20.0. The molecular weight excluding hydrogens is 405 g/mol. The fraction of sp³-hybridized carbons (Fsp3) is 0.409. The van der Waals surface area contributed by atoms with E-state index in [2.05, 4.69) is 14.9 Å². The van der Waals surface area contributed by atoms with Gasteiger partial charge in [-0.2, -0.15) is 0 Å². The number of aromatic nitrogens is 3. The van der Waals surface area contributed by atoms with Crippen LogP contribution in [0.2, 0.25) is 10.0 Å². The third-order valence-corrected chi connectivity index (χ3v) is 7.62. The molecule has 1 spiro atoms. The summed E-state index contributed by atoms with van der Waals surface area (Å²) in [5.41, 5.74) is 9.30. The highest BCUT2D eigenvalue weighted by atomic mass is 35.5. The van der Waals surface area contributed by atoms with Gasteiger partial charge in [0.1, 0.15) is 12.1 Å². The van der Waals surface area contributed by atoms with Crippen molar-refractivity contribution in [1.29, 1.82) is 0 Å². The molecule has 1 saturated carbocycles. The lowest BCUT2D eigenvalue weighted by Crippen LogP contribution is -2.47. The second kappa shape index (κ2) is 7.38. The van der Waals surface area contributed by atoms with Crippen LogP contribution in [0.15, 0.2) is 36.9 Å². The molecule has 2 aliphatic rings. The maximum atomic E-state index is 6.47. The summed E-state index contributed by atoms with van der Waals surface area (Å²) < 4.78 is 0. The van der Waals surface area contributed by atoms with Gasteiger partial charge in [0.05, 0.1) is 20.9 Å². The molecule has 0 bridgehead atoms. The second-order valence-electron chi connectivity index (χ2n) is 8.23. The molecule has 1 aliphatic carbocycles. The highest BCUT2D eigenvalue weighted by Gasteiger charge is 2.43. The van der Waals surface area contributed by atoms with Crippen LogP contribution in [0.1, 0.15) is 32.1 Å². The fourth-order valence-corrected chi connectivity index (χ4v) is 5.48. The van der Waals surface area contributed by atoms with E-state index in [0.717, 1.165) is 60.2 Å². The van der Waals surface area contributed by atoms with Crippen molar-refractivity contribution < 1.29 is 0 Å². The molecule has 1 aliphatic heterocycles. The molecule has 0 radical (unpaired) electrons. The van der Waals surface area contributed by atoms with E-state index in [-0.39, 0.29) is 0 Å². The van der Waals surface area contributed by atoms with Gasteiger partial charge in [0.25, 0.3) is 0 Å². The average Bonchev–Trinajstić information content (AvgIpc) is 3.10. The van der Waals surface area contributed by atoms with Crippen molar-refractivity contribution in [3.8, 4) is 11.1 Å². The zero-order valence-electron chi connectivity index (χ0n) is 16.1. The van der Waals surface area contributed by atoms with Crippen LogP contribution in [0.25, 0.3) is 22.0 Å². The van der Waals surface area contributed by atoms with Crippen molar-refractivity contribution in [1.82, 2.24) is 15.0 Å². The molecule has 2 aromatic heterocycles. The number of hydrogen-bond donors (Lipinski definition) is 1. The van der Waals surface area contributed by atoms with Crippen molar-refractivity contribution in [3.05, 3.63) is 47.0 Å². The molecule has 5 nitrogen and oxygen atoms in total. The monoisotopic (exact) mass is 427 g/mol. The number of nitrogens with two attached hydrogens (primary N) is 1. The van der Waals surface area contributed by atoms with Crippen molar-refractivity contribution in [3.63, 3.8) is 0 Å². The highest BCUT2D eigenvalue weighted by Crippen LogP contribution is 2.46. The van der Waals surface area contributed by atoms with E-state index in [4.69, 9.17) is 33.9 Å². The Hall–Kier alpha value is -1.95. The van der Waals surface area contributed by atoms with Gasteiger partial charge < -0.3 is 10.6 Å². The van der Waals surface area contributed by atoms with Gasteiger partial charge in [-0.3, -0.25) is 0 Å². The Labute approximate surface area is 180 Å². The number of benzene rings is 1. The molecule has 5 rings (SSSR count). The van der Waals surface area contributed by atoms with Gasteiger partial charge in [-0.05, 0) is 37.2 Å². The minimum Gasteiger partial charge on any atom is -0.356 e. The molecule has 2 fully saturated rings. The Kier molecular flexibility index (Phi) is 4.85. The minimum absolute atomic E-state index is 0.317. The predicted octanol–water partition coefficient (Wildman–Crippen LogP) is 5.10. The number of fused-ring (bicyclic) bond motifs is 1. The quantitative estimate of drug-likeness (QED) is 0.616. The molecule has 29 heavy (non-hydrogen) atoms. The molecule has 2 N–H and O–H groups in total. The van der Waals surface area contributed by atoms with E-state index in [1.807, 2.05) is 24.5 Å². The van der Waals surface area contributed by atoms with Gasteiger partial charge in [0.15, 0.2) is 0 Å². The van der Waals surface area contributed by atoms with Gasteiger partial charge in [0, 0.05) is 42.7 Å². The number of hydrogen-bond acceptors (Lipinski definition) is 5. The first-order chi connectivity index (χ1) is 14.1. The first-order valence-electron chi connectivity index (χ1n) is 10.1. The Morgan fingerprint density at radius 2 is 1.86 bits per heavy atom. The maximum Gasteiger partial charge on any atom is 0.139 e. The standard InChI is InChI=1S/C22H23Cl2N5/c23-17-4-1-3-14(19(17)24)15-12-27-21(16-11-26-13-28-20(15)16)29-9-7-22(8-10-29)6-2-5-18(22)25/h1,3-4,11-13,18H,2,5-10,25H2. The minimum atomic E-state index is 0.317. The molecule has 3 aromatic rings. The van der Waals surface area contributed by atoms with Crippen LogP contribution in [0.4, 0.5) is 5.82 Å². The molecule has 0 amide bonds. The highest BCUT2D eigenvalue weighted by molar-refractivity contribution is 6.43. The van der Waals surface area contributed by atoms with E-state index in [9.17, 15) is 0 Å². The maximum absolute atomic E-state index is 6.47. The molecule has 1 atom stereocenters. The van der Waals surface area contributed by atoms with Crippen LogP contribution in [-0.4, -0.2) is 34.1 Å². The van der Waals surface area contributed by atoms with E-state index < -0.39 is 0 Å². The van der Waals surface area contributed by atoms with Crippen LogP contribution in [-0.2, 0) is 0 Å². The first kappa shape index (κ1) is 19.0. The molecule has 1 unspecified atom stereocenters. The largest absolute Gasteiger partial charge is 0.356 e. The topological polar surface area (TPSA) is 67.9 Å². The molecule has 3 heterocycles. The lowest BCUT2D eigenvalue weighted by Gasteiger charge is -2.42. The average molecular weight is 428 g/mol. The Balaban J connectivity index is 1.53. The van der Waals surface area contributed by atoms with Gasteiger partial charge in [-0.25, -0.2) is 15.0 Å². The van der Waals surface area contributed by atoms with Crippen molar-refractivity contribution in [2.45, 2.75) is 38.1 Å². The van der Waals surface area contributed by atoms with Crippen LogP contribution >= 0.6 is 23.2 Å². The second-order valence-corrected chi connectivity index (χ2v) is 9.02. The van der Waals surface area contributed by atoms with E-state index in [1.54, 1.807) is 12.4 Å². The van der Waals surface area contributed by atoms with Crippen LogP contribution in [0.5, 0.6) is 0 Å². The number of rotatable bonds is 2. The molecule has 150 valence electrons. The first-order valence-corrected chi connectivity index (χ1v) is 10.9. The Bertz CT molecular complexity index is 1060. The van der Waals surface area contributed by atoms with Gasteiger partial charge in [-0.1, -0.05) is 41.8 Å². The van der Waals surface area contributed by atoms with E-state index in [0.29, 0.717) is 21.5 Å². The van der Waals surface area contributed by atoms with Crippen LogP contribution in [0.3, 0.4) is 0 Å². The molecule has 7 heteroatoms. The molecule has 1 saturated heterocycles. The summed E-state index contributed by atoms with van der Waals surface area (Å²) in [6.45, 7) is 1.92. The summed E-state index contributed by atoms with van der Waals surface area (Å²) in [6.07, 6.45) is 11.2. The Morgan fingerprint density at radius 1 is 1.03 bits per heavy atom. The SMILES string of the molecule is NC1CCCC12CCN(c1ncc(-c3cccc(Cl)c3Cl)c3ncncc13)CC2. The normalized spacial score (nSPS) is 21.2. The zero-order valence-corrected chi connectivity index (χ0v) is 17.6. The number of pyridine rings is 1. The Morgan fingerprint density at radius 3 is 2.62 bits per heavy atom. The van der Waals surface area contributed by atoms with Crippen LogP contribution in [0, 0.1) is 5.41 Å². The summed E-state index contributed by atoms with van der Waals surface area (Å²) in [6, 6.07) is 5.95. The van der Waals surface area contributed by atoms with Crippen molar-refractivity contribution in [2.24, 2.45) is 11.1 Å². The molecule has 1 aromatic carbocycles. The third-order valence-electron chi connectivity index (χ3n) is 6.80. The number of anilines is 1. The lowest BCUT2D eigenvalue weighted by molar-refractivity contribution is 0.197. The van der Waals surface area contributed by atoms with E-state index >= 15 is 0 Å². The summed E-state index contributed by atoms with van der Waals surface area (Å²) in [5, 5.41) is 1.97. The third kappa shape index (κ3) is 3.16. The number of piperidine rings is 1. The lowest BCUT2D eigenvalue weighted by atomic mass is 9.74. The summed E-state index contributed by atoms with van der Waals surface area (Å²) in [7, 11) is 0. The van der Waals surface area contributed by atoms with Crippen molar-refractivity contribution in [2.75, 3.05) is 18.0 Å². The summed E-state index contributed by atoms with van der Waals surface area (Å²) in [4.78, 5) is 16.0. The van der Waals surface area contributed by atoms with Crippen molar-refractivity contribution >= 4 is 39.9 Å². The van der Waals surface area contributed by atoms with Gasteiger partial charge in [-0.15, -0.1) is 0 Å². The number of nitrogens with zero attached hydrogens (tertiary/aromatic N) is 4. The smallest absolute Gasteiger partial charge is 0.139 e. The van der Waals surface area contributed by atoms with Gasteiger partial charge in [0.2, 0.25) is 0 Å². The predicted molar refractivity (Wildman–Crippen MR) is 118 cm³/mol. The van der Waals surface area contributed by atoms with Gasteiger partial charge >= 0.3 is 0 Å². The van der Waals surface area contributed by atoms with Crippen LogP contribution < -0.4 is 10.6 Å². The number of halogens is 2.